The maximum absolute atomic E-state index is 11.5. The van der Waals surface area contributed by atoms with Gasteiger partial charge >= 0.3 is 5.97 Å². The fraction of sp³-hybridized carbons (Fsp3) is 0.538. The number of hydrogen-bond donors (Lipinski definition) is 2. The lowest BCUT2D eigenvalue weighted by atomic mass is 10.3. The van der Waals surface area contributed by atoms with Crippen molar-refractivity contribution in [2.45, 2.75) is 37.4 Å². The molecule has 114 valence electrons. The number of amides is 1. The number of hydrogen-bond acceptors (Lipinski definition) is 7. The maximum atomic E-state index is 11.5. The van der Waals surface area contributed by atoms with E-state index in [2.05, 4.69) is 15.3 Å². The second kappa shape index (κ2) is 7.26. The number of esters is 1. The van der Waals surface area contributed by atoms with E-state index < -0.39 is 5.97 Å². The van der Waals surface area contributed by atoms with Gasteiger partial charge in [-0.3, -0.25) is 4.79 Å². The molecular weight excluding hydrogens is 292 g/mol. The number of thioether (sulfide) groups is 1. The summed E-state index contributed by atoms with van der Waals surface area (Å²) in [7, 11) is 0. The van der Waals surface area contributed by atoms with Gasteiger partial charge in [-0.05, 0) is 19.8 Å². The van der Waals surface area contributed by atoms with Crippen LogP contribution >= 0.6 is 11.8 Å². The Kier molecular flexibility index (Phi) is 5.38. The normalized spacial score (nSPS) is 13.8. The molecule has 1 aromatic heterocycles. The molecule has 0 aromatic carbocycles. The van der Waals surface area contributed by atoms with E-state index in [1.165, 1.54) is 18.0 Å². The average molecular weight is 310 g/mol. The van der Waals surface area contributed by atoms with E-state index in [-0.39, 0.29) is 23.9 Å². The molecule has 0 atom stereocenters. The van der Waals surface area contributed by atoms with Crippen molar-refractivity contribution in [1.29, 1.82) is 0 Å². The Balaban J connectivity index is 1.82. The lowest BCUT2D eigenvalue weighted by Crippen LogP contribution is -2.25. The highest BCUT2D eigenvalue weighted by atomic mass is 32.2. The Morgan fingerprint density at radius 2 is 2.29 bits per heavy atom. The van der Waals surface area contributed by atoms with Crippen LogP contribution in [0, 0.1) is 0 Å². The van der Waals surface area contributed by atoms with Crippen LogP contribution in [0.4, 0.5) is 5.82 Å². The van der Waals surface area contributed by atoms with Gasteiger partial charge in [-0.15, -0.1) is 0 Å². The molecule has 1 aromatic rings. The monoisotopic (exact) mass is 310 g/mol. The van der Waals surface area contributed by atoms with Crippen LogP contribution < -0.4 is 11.1 Å². The Bertz CT molecular complexity index is 534. The largest absolute Gasteiger partial charge is 0.462 e. The van der Waals surface area contributed by atoms with Crippen LogP contribution in [0.25, 0.3) is 0 Å². The first-order chi connectivity index (χ1) is 10.1. The van der Waals surface area contributed by atoms with Gasteiger partial charge < -0.3 is 15.8 Å². The minimum absolute atomic E-state index is 0.0427. The van der Waals surface area contributed by atoms with Crippen molar-refractivity contribution in [2.75, 3.05) is 18.1 Å². The molecule has 7 nitrogen and oxygen atoms in total. The predicted octanol–water partition coefficient (Wildman–Crippen LogP) is 0.996. The highest BCUT2D eigenvalue weighted by Crippen LogP contribution is 2.20. The molecule has 1 heterocycles. The smallest absolute Gasteiger partial charge is 0.343 e. The van der Waals surface area contributed by atoms with Gasteiger partial charge in [0.25, 0.3) is 0 Å². The topological polar surface area (TPSA) is 107 Å². The second-order valence-corrected chi connectivity index (χ2v) is 5.67. The Morgan fingerprint density at radius 1 is 1.52 bits per heavy atom. The zero-order chi connectivity index (χ0) is 15.2. The van der Waals surface area contributed by atoms with Crippen LogP contribution in [0.1, 0.15) is 36.5 Å². The molecule has 8 heteroatoms. The van der Waals surface area contributed by atoms with E-state index in [1.54, 1.807) is 6.92 Å². The van der Waals surface area contributed by atoms with Gasteiger partial charge in [0.15, 0.2) is 5.16 Å². The standard InChI is InChI=1S/C13H18N4O3S/c1-2-20-12(19)9-7-15-13(17-11(9)14)21-6-5-10(18)16-8-3-4-8/h7-8H,2-6H2,1H3,(H,16,18)(H2,14,15,17). The Labute approximate surface area is 127 Å². The van der Waals surface area contributed by atoms with Crippen LogP contribution in [0.2, 0.25) is 0 Å². The number of carbonyl (C=O) groups excluding carboxylic acids is 2. The Morgan fingerprint density at radius 3 is 2.90 bits per heavy atom. The van der Waals surface area contributed by atoms with Crippen molar-refractivity contribution < 1.29 is 14.3 Å². The van der Waals surface area contributed by atoms with Gasteiger partial charge in [-0.25, -0.2) is 14.8 Å². The lowest BCUT2D eigenvalue weighted by Gasteiger charge is -2.06. The Hall–Kier alpha value is -1.83. The van der Waals surface area contributed by atoms with Crippen molar-refractivity contribution in [3.8, 4) is 0 Å². The number of aromatic nitrogens is 2. The third-order valence-electron chi connectivity index (χ3n) is 2.79. The number of nitrogens with zero attached hydrogens (tertiary/aromatic N) is 2. The molecule has 1 aliphatic rings. The molecule has 21 heavy (non-hydrogen) atoms. The molecule has 1 aliphatic carbocycles. The summed E-state index contributed by atoms with van der Waals surface area (Å²) >= 11 is 1.33. The molecule has 0 spiro atoms. The molecular formula is C13H18N4O3S. The molecule has 0 saturated heterocycles. The van der Waals surface area contributed by atoms with Crippen molar-refractivity contribution in [3.63, 3.8) is 0 Å². The number of nitrogens with one attached hydrogen (secondary N) is 1. The van der Waals surface area contributed by atoms with Crippen molar-refractivity contribution in [2.24, 2.45) is 0 Å². The highest BCUT2D eigenvalue weighted by Gasteiger charge is 2.22. The van der Waals surface area contributed by atoms with Gasteiger partial charge in [-0.2, -0.15) is 0 Å². The molecule has 0 unspecified atom stereocenters. The maximum Gasteiger partial charge on any atom is 0.343 e. The number of ether oxygens (including phenoxy) is 1. The number of rotatable bonds is 7. The first-order valence-corrected chi connectivity index (χ1v) is 7.80. The molecule has 0 radical (unpaired) electrons. The summed E-state index contributed by atoms with van der Waals surface area (Å²) in [5.74, 6) is 0.168. The first-order valence-electron chi connectivity index (χ1n) is 6.82. The highest BCUT2D eigenvalue weighted by molar-refractivity contribution is 7.99. The average Bonchev–Trinajstić information content (AvgIpc) is 3.23. The van der Waals surface area contributed by atoms with Crippen molar-refractivity contribution in [3.05, 3.63) is 11.8 Å². The minimum Gasteiger partial charge on any atom is -0.462 e. The summed E-state index contributed by atoms with van der Waals surface area (Å²) in [5, 5.41) is 3.35. The van der Waals surface area contributed by atoms with E-state index in [4.69, 9.17) is 10.5 Å². The fourth-order valence-corrected chi connectivity index (χ4v) is 2.34. The van der Waals surface area contributed by atoms with Crippen molar-refractivity contribution in [1.82, 2.24) is 15.3 Å². The fourth-order valence-electron chi connectivity index (χ4n) is 1.58. The van der Waals surface area contributed by atoms with Gasteiger partial charge in [0.1, 0.15) is 11.4 Å². The van der Waals surface area contributed by atoms with E-state index >= 15 is 0 Å². The van der Waals surface area contributed by atoms with E-state index in [1.807, 2.05) is 0 Å². The summed E-state index contributed by atoms with van der Waals surface area (Å²) in [6.45, 7) is 1.98. The van der Waals surface area contributed by atoms with Gasteiger partial charge in [0.05, 0.1) is 6.61 Å². The number of nitrogens with two attached hydrogens (primary N) is 1. The third-order valence-corrected chi connectivity index (χ3v) is 3.66. The van der Waals surface area contributed by atoms with Gasteiger partial charge in [0, 0.05) is 24.4 Å². The van der Waals surface area contributed by atoms with E-state index in [0.717, 1.165) is 12.8 Å². The molecule has 1 fully saturated rings. The molecule has 3 N–H and O–H groups in total. The van der Waals surface area contributed by atoms with Crippen LogP contribution in [0.5, 0.6) is 0 Å². The summed E-state index contributed by atoms with van der Waals surface area (Å²) in [5.41, 5.74) is 5.87. The zero-order valence-electron chi connectivity index (χ0n) is 11.8. The molecule has 2 rings (SSSR count). The first kappa shape index (κ1) is 15.6. The van der Waals surface area contributed by atoms with Crippen LogP contribution in [-0.2, 0) is 9.53 Å². The zero-order valence-corrected chi connectivity index (χ0v) is 12.6. The number of carbonyl (C=O) groups is 2. The number of anilines is 1. The summed E-state index contributed by atoms with van der Waals surface area (Å²) < 4.78 is 4.85. The third kappa shape index (κ3) is 4.89. The summed E-state index contributed by atoms with van der Waals surface area (Å²) in [6.07, 6.45) is 3.92. The van der Waals surface area contributed by atoms with Gasteiger partial charge in [0.2, 0.25) is 5.91 Å². The number of nitrogen functional groups attached to an aromatic ring is 1. The van der Waals surface area contributed by atoms with E-state index in [0.29, 0.717) is 23.4 Å². The van der Waals surface area contributed by atoms with E-state index in [9.17, 15) is 9.59 Å². The molecule has 0 aliphatic heterocycles. The molecule has 1 saturated carbocycles. The predicted molar refractivity (Wildman–Crippen MR) is 78.9 cm³/mol. The minimum atomic E-state index is -0.532. The molecule has 1 amide bonds. The molecule has 0 bridgehead atoms. The van der Waals surface area contributed by atoms with Gasteiger partial charge in [-0.1, -0.05) is 11.8 Å². The van der Waals surface area contributed by atoms with Crippen LogP contribution in [-0.4, -0.2) is 40.2 Å². The quantitative estimate of drug-likeness (QED) is 0.439. The summed E-state index contributed by atoms with van der Waals surface area (Å²) in [6, 6.07) is 0.373. The second-order valence-electron chi connectivity index (χ2n) is 4.61. The van der Waals surface area contributed by atoms with Crippen molar-refractivity contribution >= 4 is 29.5 Å². The lowest BCUT2D eigenvalue weighted by molar-refractivity contribution is -0.120. The van der Waals surface area contributed by atoms with Crippen LogP contribution in [0.3, 0.4) is 0 Å². The summed E-state index contributed by atoms with van der Waals surface area (Å²) in [4.78, 5) is 31.2. The SMILES string of the molecule is CCOC(=O)c1cnc(SCCC(=O)NC2CC2)nc1N. The van der Waals surface area contributed by atoms with Crippen LogP contribution in [0.15, 0.2) is 11.4 Å².